The normalized spacial score (nSPS) is 11.0. The van der Waals surface area contributed by atoms with E-state index >= 15 is 0 Å². The van der Waals surface area contributed by atoms with Gasteiger partial charge in [-0.2, -0.15) is 0 Å². The number of nitrogens with zero attached hydrogens (tertiary/aromatic N) is 1. The number of benzene rings is 3. The number of thiazole rings is 1. The van der Waals surface area contributed by atoms with Crippen LogP contribution in [0.1, 0.15) is 24.2 Å². The topological polar surface area (TPSA) is 51.2 Å². The Morgan fingerprint density at radius 2 is 1.79 bits per heavy atom. The summed E-state index contributed by atoms with van der Waals surface area (Å²) in [5.41, 5.74) is 3.16. The molecule has 4 rings (SSSR count). The smallest absolute Gasteiger partial charge is 0.255 e. The predicted molar refractivity (Wildman–Crippen MR) is 115 cm³/mol. The van der Waals surface area contributed by atoms with Crippen LogP contribution in [0.5, 0.6) is 5.75 Å². The first-order valence-corrected chi connectivity index (χ1v) is 9.95. The minimum atomic E-state index is -0.178. The van der Waals surface area contributed by atoms with E-state index in [1.54, 1.807) is 23.5 Å². The van der Waals surface area contributed by atoms with E-state index in [2.05, 4.69) is 11.4 Å². The first-order valence-electron chi connectivity index (χ1n) is 9.13. The van der Waals surface area contributed by atoms with Gasteiger partial charge < -0.3 is 10.1 Å². The fourth-order valence-corrected chi connectivity index (χ4v) is 3.95. The first-order chi connectivity index (χ1) is 13.6. The number of amides is 1. The number of ether oxygens (including phenoxy) is 1. The van der Waals surface area contributed by atoms with E-state index in [4.69, 9.17) is 9.72 Å². The van der Waals surface area contributed by atoms with E-state index in [-0.39, 0.29) is 12.0 Å². The van der Waals surface area contributed by atoms with Gasteiger partial charge in [0.15, 0.2) is 0 Å². The molecule has 1 heterocycles. The summed E-state index contributed by atoms with van der Waals surface area (Å²) >= 11 is 1.61. The molecule has 4 nitrogen and oxygen atoms in total. The van der Waals surface area contributed by atoms with Gasteiger partial charge in [-0.15, -0.1) is 11.3 Å². The van der Waals surface area contributed by atoms with E-state index in [0.29, 0.717) is 11.3 Å². The number of carbonyl (C=O) groups is 1. The number of fused-ring (bicyclic) bond motifs is 1. The van der Waals surface area contributed by atoms with Crippen molar-refractivity contribution in [2.24, 2.45) is 0 Å². The number of hydrogen-bond donors (Lipinski definition) is 1. The van der Waals surface area contributed by atoms with E-state index in [1.165, 1.54) is 0 Å². The molecule has 140 valence electrons. The summed E-state index contributed by atoms with van der Waals surface area (Å²) in [4.78, 5) is 17.5. The zero-order chi connectivity index (χ0) is 19.5. The molecule has 3 aromatic carbocycles. The van der Waals surface area contributed by atoms with Crippen LogP contribution in [-0.4, -0.2) is 17.0 Å². The molecule has 0 unspecified atom stereocenters. The second-order valence-corrected chi connectivity index (χ2v) is 7.71. The van der Waals surface area contributed by atoms with Gasteiger partial charge in [0.2, 0.25) is 0 Å². The van der Waals surface area contributed by atoms with Gasteiger partial charge in [-0.05, 0) is 56.3 Å². The average molecular weight is 388 g/mol. The van der Waals surface area contributed by atoms with Crippen LogP contribution in [0.25, 0.3) is 20.8 Å². The molecule has 0 fully saturated rings. The number of carbonyl (C=O) groups excluding carboxylic acids is 1. The van der Waals surface area contributed by atoms with Gasteiger partial charge >= 0.3 is 0 Å². The Balaban J connectivity index is 1.63. The largest absolute Gasteiger partial charge is 0.491 e. The average Bonchev–Trinajstić information content (AvgIpc) is 3.12. The highest BCUT2D eigenvalue weighted by atomic mass is 32.1. The van der Waals surface area contributed by atoms with Gasteiger partial charge in [-0.1, -0.05) is 30.3 Å². The van der Waals surface area contributed by atoms with Crippen LogP contribution in [0.4, 0.5) is 5.69 Å². The molecule has 0 aliphatic carbocycles. The van der Waals surface area contributed by atoms with Gasteiger partial charge in [-0.3, -0.25) is 4.79 Å². The molecular weight excluding hydrogens is 368 g/mol. The molecule has 0 aliphatic heterocycles. The summed E-state index contributed by atoms with van der Waals surface area (Å²) in [6, 6.07) is 23.0. The number of para-hydroxylation sites is 2. The second kappa shape index (κ2) is 7.82. The fourth-order valence-electron chi connectivity index (χ4n) is 2.94. The number of aromatic nitrogens is 1. The molecule has 4 aromatic rings. The van der Waals surface area contributed by atoms with Crippen LogP contribution < -0.4 is 10.1 Å². The van der Waals surface area contributed by atoms with Crippen LogP contribution in [0.15, 0.2) is 72.8 Å². The van der Waals surface area contributed by atoms with Gasteiger partial charge in [-0.25, -0.2) is 4.98 Å². The Labute approximate surface area is 167 Å². The van der Waals surface area contributed by atoms with Crippen LogP contribution >= 0.6 is 11.3 Å². The summed E-state index contributed by atoms with van der Waals surface area (Å²) < 4.78 is 6.82. The van der Waals surface area contributed by atoms with Crippen LogP contribution in [0.3, 0.4) is 0 Å². The molecule has 1 N–H and O–H groups in total. The lowest BCUT2D eigenvalue weighted by molar-refractivity contribution is 0.102. The number of anilines is 1. The number of rotatable bonds is 5. The zero-order valence-electron chi connectivity index (χ0n) is 15.7. The molecule has 1 aromatic heterocycles. The zero-order valence-corrected chi connectivity index (χ0v) is 16.5. The maximum absolute atomic E-state index is 12.8. The second-order valence-electron chi connectivity index (χ2n) is 6.68. The van der Waals surface area contributed by atoms with Gasteiger partial charge in [0.1, 0.15) is 10.8 Å². The Kier molecular flexibility index (Phi) is 5.08. The Morgan fingerprint density at radius 3 is 2.61 bits per heavy atom. The highest BCUT2D eigenvalue weighted by Gasteiger charge is 2.14. The molecule has 1 amide bonds. The van der Waals surface area contributed by atoms with Crippen molar-refractivity contribution in [1.29, 1.82) is 0 Å². The van der Waals surface area contributed by atoms with E-state index < -0.39 is 0 Å². The highest BCUT2D eigenvalue weighted by Crippen LogP contribution is 2.34. The maximum atomic E-state index is 12.8. The Hall–Kier alpha value is -3.18. The minimum Gasteiger partial charge on any atom is -0.491 e. The number of hydrogen-bond acceptors (Lipinski definition) is 4. The van der Waals surface area contributed by atoms with E-state index in [1.807, 2.05) is 68.4 Å². The SMILES string of the molecule is CC(C)Oc1cccc(C(=O)Nc2ccccc2-c2nc3ccccc3s2)c1. The maximum Gasteiger partial charge on any atom is 0.255 e. The predicted octanol–water partition coefficient (Wildman–Crippen LogP) is 6.00. The third-order valence-electron chi connectivity index (χ3n) is 4.17. The minimum absolute atomic E-state index is 0.0538. The van der Waals surface area contributed by atoms with Crippen molar-refractivity contribution in [3.05, 3.63) is 78.4 Å². The van der Waals surface area contributed by atoms with Crippen molar-refractivity contribution in [2.45, 2.75) is 20.0 Å². The van der Waals surface area contributed by atoms with Crippen LogP contribution in [0, 0.1) is 0 Å². The van der Waals surface area contributed by atoms with Crippen molar-refractivity contribution in [3.8, 4) is 16.3 Å². The first kappa shape index (κ1) is 18.2. The van der Waals surface area contributed by atoms with Crippen molar-refractivity contribution in [1.82, 2.24) is 4.98 Å². The molecule has 0 radical (unpaired) electrons. The summed E-state index contributed by atoms with van der Waals surface area (Å²) in [5, 5.41) is 3.91. The van der Waals surface area contributed by atoms with E-state index in [0.717, 1.165) is 26.5 Å². The van der Waals surface area contributed by atoms with Crippen LogP contribution in [-0.2, 0) is 0 Å². The van der Waals surface area contributed by atoms with Crippen molar-refractivity contribution in [2.75, 3.05) is 5.32 Å². The van der Waals surface area contributed by atoms with E-state index in [9.17, 15) is 4.79 Å². The molecule has 0 bridgehead atoms. The number of nitrogens with one attached hydrogen (secondary N) is 1. The Morgan fingerprint density at radius 1 is 1.00 bits per heavy atom. The van der Waals surface area contributed by atoms with Gasteiger partial charge in [0, 0.05) is 11.1 Å². The third-order valence-corrected chi connectivity index (χ3v) is 5.24. The molecular formula is C23H20N2O2S. The lowest BCUT2D eigenvalue weighted by Gasteiger charge is -2.12. The summed E-state index contributed by atoms with van der Waals surface area (Å²) in [5.74, 6) is 0.505. The molecule has 0 spiro atoms. The fraction of sp³-hybridized carbons (Fsp3) is 0.130. The van der Waals surface area contributed by atoms with Gasteiger partial charge in [0.25, 0.3) is 5.91 Å². The van der Waals surface area contributed by atoms with Crippen molar-refractivity contribution in [3.63, 3.8) is 0 Å². The Bertz CT molecular complexity index is 1100. The lowest BCUT2D eigenvalue weighted by atomic mass is 10.1. The molecule has 5 heteroatoms. The molecule has 0 aliphatic rings. The van der Waals surface area contributed by atoms with Gasteiger partial charge in [0.05, 0.1) is 22.0 Å². The standard InChI is InChI=1S/C23H20N2O2S/c1-15(2)27-17-9-7-8-16(14-17)22(26)24-19-11-4-3-10-18(19)23-25-20-12-5-6-13-21(20)28-23/h3-15H,1-2H3,(H,24,26). The molecule has 0 saturated heterocycles. The quantitative estimate of drug-likeness (QED) is 0.456. The van der Waals surface area contributed by atoms with Crippen molar-refractivity contribution >= 4 is 33.1 Å². The van der Waals surface area contributed by atoms with Crippen molar-refractivity contribution < 1.29 is 9.53 Å². The highest BCUT2D eigenvalue weighted by molar-refractivity contribution is 7.21. The van der Waals surface area contributed by atoms with Crippen LogP contribution in [0.2, 0.25) is 0 Å². The molecule has 0 saturated carbocycles. The summed E-state index contributed by atoms with van der Waals surface area (Å²) in [6.45, 7) is 3.92. The monoisotopic (exact) mass is 388 g/mol. The summed E-state index contributed by atoms with van der Waals surface area (Å²) in [7, 11) is 0. The third kappa shape index (κ3) is 3.89. The lowest BCUT2D eigenvalue weighted by Crippen LogP contribution is -2.13. The molecule has 28 heavy (non-hydrogen) atoms. The molecule has 0 atom stereocenters. The summed E-state index contributed by atoms with van der Waals surface area (Å²) in [6.07, 6.45) is 0.0538.